The van der Waals surface area contributed by atoms with Crippen LogP contribution in [0.25, 0.3) is 0 Å². The van der Waals surface area contributed by atoms with Crippen LogP contribution in [0.5, 0.6) is 0 Å². The SMILES string of the molecule is Cc1ccc(C(=O)N(C)C(c2ccccc2)c2ccccn2)cc1[N+](=O)[O-]. The van der Waals surface area contributed by atoms with Crippen LogP contribution in [-0.2, 0) is 0 Å². The summed E-state index contributed by atoms with van der Waals surface area (Å²) in [4.78, 5) is 29.8. The molecule has 6 nitrogen and oxygen atoms in total. The van der Waals surface area contributed by atoms with E-state index in [1.807, 2.05) is 48.5 Å². The largest absolute Gasteiger partial charge is 0.329 e. The number of pyridine rings is 1. The van der Waals surface area contributed by atoms with Crippen LogP contribution >= 0.6 is 0 Å². The van der Waals surface area contributed by atoms with E-state index in [1.54, 1.807) is 37.2 Å². The fourth-order valence-corrected chi connectivity index (χ4v) is 3.03. The summed E-state index contributed by atoms with van der Waals surface area (Å²) in [6.45, 7) is 1.65. The number of benzene rings is 2. The van der Waals surface area contributed by atoms with E-state index in [4.69, 9.17) is 0 Å². The fraction of sp³-hybridized carbons (Fsp3) is 0.143. The average Bonchev–Trinajstić information content (AvgIpc) is 2.69. The zero-order chi connectivity index (χ0) is 19.4. The Hall–Kier alpha value is -3.54. The first kappa shape index (κ1) is 18.3. The van der Waals surface area contributed by atoms with E-state index < -0.39 is 11.0 Å². The highest BCUT2D eigenvalue weighted by molar-refractivity contribution is 5.95. The highest BCUT2D eigenvalue weighted by Crippen LogP contribution is 2.28. The van der Waals surface area contributed by atoms with E-state index in [0.29, 0.717) is 5.56 Å². The number of hydrogen-bond acceptors (Lipinski definition) is 4. The lowest BCUT2D eigenvalue weighted by atomic mass is 10.0. The van der Waals surface area contributed by atoms with Crippen molar-refractivity contribution < 1.29 is 9.72 Å². The van der Waals surface area contributed by atoms with Crippen LogP contribution in [0.4, 0.5) is 5.69 Å². The number of amides is 1. The molecule has 0 N–H and O–H groups in total. The van der Waals surface area contributed by atoms with Crippen LogP contribution in [-0.4, -0.2) is 27.8 Å². The van der Waals surface area contributed by atoms with Crippen molar-refractivity contribution in [3.8, 4) is 0 Å². The zero-order valence-corrected chi connectivity index (χ0v) is 15.1. The minimum atomic E-state index is -0.473. The number of rotatable bonds is 5. The molecule has 27 heavy (non-hydrogen) atoms. The van der Waals surface area contributed by atoms with Crippen molar-refractivity contribution in [1.82, 2.24) is 9.88 Å². The van der Waals surface area contributed by atoms with E-state index in [2.05, 4.69) is 4.98 Å². The topological polar surface area (TPSA) is 76.3 Å². The molecule has 0 radical (unpaired) electrons. The predicted octanol–water partition coefficient (Wildman–Crippen LogP) is 4.16. The molecule has 1 atom stereocenters. The Morgan fingerprint density at radius 1 is 1.07 bits per heavy atom. The fourth-order valence-electron chi connectivity index (χ4n) is 3.03. The summed E-state index contributed by atoms with van der Waals surface area (Å²) in [6.07, 6.45) is 1.68. The van der Waals surface area contributed by atoms with Crippen LogP contribution < -0.4 is 0 Å². The molecule has 6 heteroatoms. The van der Waals surface area contributed by atoms with E-state index in [0.717, 1.165) is 11.3 Å². The molecule has 2 aromatic carbocycles. The van der Waals surface area contributed by atoms with Crippen LogP contribution in [0.1, 0.15) is 33.2 Å². The van der Waals surface area contributed by atoms with Crippen molar-refractivity contribution in [2.75, 3.05) is 7.05 Å². The Morgan fingerprint density at radius 3 is 2.41 bits per heavy atom. The molecular weight excluding hydrogens is 342 g/mol. The van der Waals surface area contributed by atoms with Gasteiger partial charge in [-0.05, 0) is 30.7 Å². The molecule has 0 bridgehead atoms. The molecule has 1 aromatic heterocycles. The molecule has 0 aliphatic heterocycles. The Bertz CT molecular complexity index is 919. The van der Waals surface area contributed by atoms with E-state index in [1.165, 1.54) is 6.07 Å². The molecule has 0 aliphatic carbocycles. The highest BCUT2D eigenvalue weighted by Gasteiger charge is 2.26. The summed E-state index contributed by atoms with van der Waals surface area (Å²) in [5.41, 5.74) is 2.35. The van der Waals surface area contributed by atoms with Crippen LogP contribution in [0.15, 0.2) is 72.9 Å². The number of hydrogen-bond donors (Lipinski definition) is 0. The Morgan fingerprint density at radius 2 is 1.78 bits per heavy atom. The zero-order valence-electron chi connectivity index (χ0n) is 15.1. The van der Waals surface area contributed by atoms with Gasteiger partial charge < -0.3 is 4.90 Å². The number of aryl methyl sites for hydroxylation is 1. The van der Waals surface area contributed by atoms with Crippen LogP contribution in [0.2, 0.25) is 0 Å². The third-order valence-corrected chi connectivity index (χ3v) is 4.44. The molecule has 0 spiro atoms. The number of nitrogens with zero attached hydrogens (tertiary/aromatic N) is 3. The van der Waals surface area contributed by atoms with E-state index in [-0.39, 0.29) is 17.2 Å². The second-order valence-electron chi connectivity index (χ2n) is 6.24. The monoisotopic (exact) mass is 361 g/mol. The van der Waals surface area contributed by atoms with Gasteiger partial charge in [0.15, 0.2) is 0 Å². The lowest BCUT2D eigenvalue weighted by Gasteiger charge is -2.28. The van der Waals surface area contributed by atoms with Gasteiger partial charge in [0.1, 0.15) is 0 Å². The summed E-state index contributed by atoms with van der Waals surface area (Å²) in [5.74, 6) is -0.308. The molecule has 1 unspecified atom stereocenters. The van der Waals surface area contributed by atoms with Gasteiger partial charge in [-0.2, -0.15) is 0 Å². The predicted molar refractivity (Wildman–Crippen MR) is 102 cm³/mol. The minimum Gasteiger partial charge on any atom is -0.329 e. The van der Waals surface area contributed by atoms with Gasteiger partial charge in [-0.1, -0.05) is 42.5 Å². The van der Waals surface area contributed by atoms with Crippen LogP contribution in [0, 0.1) is 17.0 Å². The van der Waals surface area contributed by atoms with Crippen LogP contribution in [0.3, 0.4) is 0 Å². The number of carbonyl (C=O) groups is 1. The molecule has 3 aromatic rings. The highest BCUT2D eigenvalue weighted by atomic mass is 16.6. The second kappa shape index (κ2) is 7.78. The van der Waals surface area contributed by atoms with E-state index in [9.17, 15) is 14.9 Å². The summed E-state index contributed by atoms with van der Waals surface area (Å²) in [7, 11) is 1.68. The Kier molecular flexibility index (Phi) is 5.26. The van der Waals surface area contributed by atoms with Gasteiger partial charge in [0.05, 0.1) is 16.7 Å². The number of nitro benzene ring substituents is 1. The first-order valence-corrected chi connectivity index (χ1v) is 8.47. The smallest absolute Gasteiger partial charge is 0.273 e. The molecule has 0 saturated heterocycles. The van der Waals surface area contributed by atoms with Gasteiger partial charge >= 0.3 is 0 Å². The second-order valence-corrected chi connectivity index (χ2v) is 6.24. The average molecular weight is 361 g/mol. The summed E-state index contributed by atoms with van der Waals surface area (Å²) < 4.78 is 0. The van der Waals surface area contributed by atoms with Gasteiger partial charge in [0.2, 0.25) is 0 Å². The van der Waals surface area contributed by atoms with Crippen molar-refractivity contribution in [2.24, 2.45) is 0 Å². The van der Waals surface area contributed by atoms with Gasteiger partial charge in [0, 0.05) is 30.4 Å². The lowest BCUT2D eigenvalue weighted by Crippen LogP contribution is -2.32. The van der Waals surface area contributed by atoms with Crippen molar-refractivity contribution in [1.29, 1.82) is 0 Å². The maximum atomic E-state index is 13.1. The molecule has 1 amide bonds. The maximum absolute atomic E-state index is 13.1. The molecule has 136 valence electrons. The first-order valence-electron chi connectivity index (χ1n) is 8.47. The molecule has 1 heterocycles. The number of carbonyl (C=O) groups excluding carboxylic acids is 1. The Labute approximate surface area is 157 Å². The van der Waals surface area contributed by atoms with Gasteiger partial charge in [-0.25, -0.2) is 0 Å². The molecule has 0 aliphatic rings. The Balaban J connectivity index is 2.02. The van der Waals surface area contributed by atoms with Crippen molar-refractivity contribution in [3.63, 3.8) is 0 Å². The molecule has 3 rings (SSSR count). The number of aromatic nitrogens is 1. The third kappa shape index (κ3) is 3.84. The molecule has 0 fully saturated rings. The molecule has 0 saturated carbocycles. The first-order chi connectivity index (χ1) is 13.0. The maximum Gasteiger partial charge on any atom is 0.273 e. The normalized spacial score (nSPS) is 11.6. The van der Waals surface area contributed by atoms with Crippen molar-refractivity contribution in [3.05, 3.63) is 105 Å². The molecular formula is C21H19N3O3. The van der Waals surface area contributed by atoms with Crippen molar-refractivity contribution in [2.45, 2.75) is 13.0 Å². The van der Waals surface area contributed by atoms with Gasteiger partial charge in [-0.3, -0.25) is 19.9 Å². The lowest BCUT2D eigenvalue weighted by molar-refractivity contribution is -0.385. The van der Waals surface area contributed by atoms with Gasteiger partial charge in [-0.15, -0.1) is 0 Å². The quantitative estimate of drug-likeness (QED) is 0.505. The third-order valence-electron chi connectivity index (χ3n) is 4.44. The summed E-state index contributed by atoms with van der Waals surface area (Å²) in [5, 5.41) is 11.2. The minimum absolute atomic E-state index is 0.0663. The van der Waals surface area contributed by atoms with E-state index >= 15 is 0 Å². The standard InChI is InChI=1S/C21H19N3O3/c1-15-11-12-17(14-19(15)24(26)27)21(25)23(2)20(16-8-4-3-5-9-16)18-10-6-7-13-22-18/h3-14,20H,1-2H3. The van der Waals surface area contributed by atoms with Gasteiger partial charge in [0.25, 0.3) is 11.6 Å². The number of nitro groups is 1. The summed E-state index contributed by atoms with van der Waals surface area (Å²) >= 11 is 0. The van der Waals surface area contributed by atoms with Crippen molar-refractivity contribution >= 4 is 11.6 Å². The summed E-state index contributed by atoms with van der Waals surface area (Å²) in [6, 6.07) is 19.3.